The normalized spacial score (nSPS) is 17.1. The Morgan fingerprint density at radius 3 is 2.80 bits per heavy atom. The summed E-state index contributed by atoms with van der Waals surface area (Å²) in [5, 5.41) is 3.70. The van der Waals surface area contributed by atoms with Crippen molar-refractivity contribution in [2.75, 3.05) is 11.9 Å². The van der Waals surface area contributed by atoms with Crippen molar-refractivity contribution in [3.8, 4) is 5.75 Å². The van der Waals surface area contributed by atoms with E-state index >= 15 is 0 Å². The molecular weight excluding hydrogens is 284 g/mol. The van der Waals surface area contributed by atoms with Gasteiger partial charge >= 0.3 is 0 Å². The smallest absolute Gasteiger partial charge is 0.144 e. The number of halogens is 3. The Morgan fingerprint density at radius 1 is 1.20 bits per heavy atom. The van der Waals surface area contributed by atoms with Crippen LogP contribution in [0.2, 0.25) is 5.02 Å². The van der Waals surface area contributed by atoms with Crippen LogP contribution < -0.4 is 10.1 Å². The van der Waals surface area contributed by atoms with Gasteiger partial charge in [0.15, 0.2) is 0 Å². The SMILES string of the molecule is Cc1cc(F)c(C2CNc3cc(Cl)ccc3O2)cc1F. The maximum atomic E-state index is 14.0. The second-order valence-corrected chi connectivity index (χ2v) is 5.19. The molecule has 2 nitrogen and oxygen atoms in total. The minimum atomic E-state index is -0.571. The van der Waals surface area contributed by atoms with Crippen LogP contribution in [-0.4, -0.2) is 6.54 Å². The average Bonchev–Trinajstić information content (AvgIpc) is 2.42. The van der Waals surface area contributed by atoms with Crippen LogP contribution in [0.5, 0.6) is 5.75 Å². The molecule has 0 saturated carbocycles. The van der Waals surface area contributed by atoms with Crippen molar-refractivity contribution in [3.63, 3.8) is 0 Å². The minimum Gasteiger partial charge on any atom is -0.482 e. The molecule has 2 aromatic rings. The first-order valence-electron chi connectivity index (χ1n) is 6.20. The summed E-state index contributed by atoms with van der Waals surface area (Å²) >= 11 is 5.89. The van der Waals surface area contributed by atoms with Crippen LogP contribution >= 0.6 is 11.6 Å². The summed E-state index contributed by atoms with van der Waals surface area (Å²) in [5.74, 6) is -0.328. The second kappa shape index (κ2) is 4.94. The first-order chi connectivity index (χ1) is 9.54. The highest BCUT2D eigenvalue weighted by molar-refractivity contribution is 6.30. The van der Waals surface area contributed by atoms with Crippen LogP contribution in [0.25, 0.3) is 0 Å². The molecule has 0 amide bonds. The van der Waals surface area contributed by atoms with Gasteiger partial charge < -0.3 is 10.1 Å². The lowest BCUT2D eigenvalue weighted by molar-refractivity contribution is 0.205. The molecule has 0 aliphatic carbocycles. The van der Waals surface area contributed by atoms with Crippen molar-refractivity contribution in [3.05, 3.63) is 58.1 Å². The third-order valence-electron chi connectivity index (χ3n) is 3.31. The molecule has 0 spiro atoms. The monoisotopic (exact) mass is 295 g/mol. The average molecular weight is 296 g/mol. The third kappa shape index (κ3) is 2.31. The maximum Gasteiger partial charge on any atom is 0.144 e. The van der Waals surface area contributed by atoms with E-state index in [2.05, 4.69) is 5.32 Å². The first kappa shape index (κ1) is 13.2. The van der Waals surface area contributed by atoms with Crippen molar-refractivity contribution in [2.45, 2.75) is 13.0 Å². The van der Waals surface area contributed by atoms with Gasteiger partial charge in [-0.05, 0) is 42.8 Å². The zero-order chi connectivity index (χ0) is 14.3. The molecule has 104 valence electrons. The number of rotatable bonds is 1. The van der Waals surface area contributed by atoms with Crippen LogP contribution in [0.1, 0.15) is 17.2 Å². The second-order valence-electron chi connectivity index (χ2n) is 4.75. The molecule has 0 radical (unpaired) electrons. The lowest BCUT2D eigenvalue weighted by Gasteiger charge is -2.28. The fourth-order valence-corrected chi connectivity index (χ4v) is 2.39. The molecule has 1 aliphatic rings. The maximum absolute atomic E-state index is 14.0. The Morgan fingerprint density at radius 2 is 2.00 bits per heavy atom. The summed E-state index contributed by atoms with van der Waals surface area (Å²) in [6, 6.07) is 7.51. The van der Waals surface area contributed by atoms with E-state index in [0.29, 0.717) is 17.3 Å². The Labute approximate surface area is 120 Å². The van der Waals surface area contributed by atoms with Gasteiger partial charge in [0.2, 0.25) is 0 Å². The molecule has 0 fully saturated rings. The van der Waals surface area contributed by atoms with Gasteiger partial charge in [0.05, 0.1) is 12.2 Å². The molecule has 1 aliphatic heterocycles. The number of aryl methyl sites for hydroxylation is 1. The molecule has 0 aromatic heterocycles. The summed E-state index contributed by atoms with van der Waals surface area (Å²) in [4.78, 5) is 0. The van der Waals surface area contributed by atoms with Crippen molar-refractivity contribution in [1.29, 1.82) is 0 Å². The Kier molecular flexibility index (Phi) is 3.26. The van der Waals surface area contributed by atoms with E-state index in [0.717, 1.165) is 5.69 Å². The Bertz CT molecular complexity index is 675. The molecule has 1 unspecified atom stereocenters. The molecule has 1 heterocycles. The van der Waals surface area contributed by atoms with E-state index in [9.17, 15) is 8.78 Å². The van der Waals surface area contributed by atoms with Crippen molar-refractivity contribution >= 4 is 17.3 Å². The van der Waals surface area contributed by atoms with Gasteiger partial charge in [0.25, 0.3) is 0 Å². The number of benzene rings is 2. The van der Waals surface area contributed by atoms with Gasteiger partial charge in [0.1, 0.15) is 23.5 Å². The largest absolute Gasteiger partial charge is 0.482 e. The van der Waals surface area contributed by atoms with Crippen LogP contribution in [0.3, 0.4) is 0 Å². The topological polar surface area (TPSA) is 21.3 Å². The number of hydrogen-bond acceptors (Lipinski definition) is 2. The van der Waals surface area contributed by atoms with Gasteiger partial charge in [-0.2, -0.15) is 0 Å². The van der Waals surface area contributed by atoms with Crippen molar-refractivity contribution in [2.24, 2.45) is 0 Å². The highest BCUT2D eigenvalue weighted by atomic mass is 35.5. The molecule has 2 aromatic carbocycles. The standard InChI is InChI=1S/C15H12ClF2NO/c1-8-4-12(18)10(6-11(8)17)15-7-19-13-5-9(16)2-3-14(13)20-15/h2-6,15,19H,7H2,1H3. The lowest BCUT2D eigenvalue weighted by atomic mass is 10.0. The molecule has 3 rings (SSSR count). The zero-order valence-corrected chi connectivity index (χ0v) is 11.5. The molecule has 1 atom stereocenters. The third-order valence-corrected chi connectivity index (χ3v) is 3.55. The molecule has 0 bridgehead atoms. The zero-order valence-electron chi connectivity index (χ0n) is 10.7. The fraction of sp³-hybridized carbons (Fsp3) is 0.200. The predicted octanol–water partition coefficient (Wildman–Crippen LogP) is 4.47. The molecular formula is C15H12ClF2NO. The summed E-state index contributed by atoms with van der Waals surface area (Å²) in [6.07, 6.45) is -0.571. The van der Waals surface area contributed by atoms with Gasteiger partial charge in [-0.3, -0.25) is 0 Å². The van der Waals surface area contributed by atoms with Gasteiger partial charge in [-0.25, -0.2) is 8.78 Å². The molecule has 5 heteroatoms. The quantitative estimate of drug-likeness (QED) is 0.838. The van der Waals surface area contributed by atoms with Crippen LogP contribution in [0.15, 0.2) is 30.3 Å². The molecule has 20 heavy (non-hydrogen) atoms. The Hall–Kier alpha value is -1.81. The number of nitrogens with one attached hydrogen (secondary N) is 1. The lowest BCUT2D eigenvalue weighted by Crippen LogP contribution is -2.24. The highest BCUT2D eigenvalue weighted by Gasteiger charge is 2.24. The van der Waals surface area contributed by atoms with Gasteiger partial charge in [-0.1, -0.05) is 11.6 Å². The van der Waals surface area contributed by atoms with Crippen LogP contribution in [0.4, 0.5) is 14.5 Å². The van der Waals surface area contributed by atoms with E-state index in [-0.39, 0.29) is 11.1 Å². The van der Waals surface area contributed by atoms with Crippen LogP contribution in [-0.2, 0) is 0 Å². The number of fused-ring (bicyclic) bond motifs is 1. The summed E-state index contributed by atoms with van der Waals surface area (Å²) < 4.78 is 33.3. The van der Waals surface area contributed by atoms with E-state index in [1.165, 1.54) is 19.1 Å². The molecule has 1 N–H and O–H groups in total. The fourth-order valence-electron chi connectivity index (χ4n) is 2.22. The summed E-state index contributed by atoms with van der Waals surface area (Å²) in [7, 11) is 0. The number of anilines is 1. The minimum absolute atomic E-state index is 0.209. The predicted molar refractivity (Wildman–Crippen MR) is 74.4 cm³/mol. The van der Waals surface area contributed by atoms with E-state index in [1.54, 1.807) is 18.2 Å². The van der Waals surface area contributed by atoms with E-state index < -0.39 is 17.7 Å². The van der Waals surface area contributed by atoms with Crippen molar-refractivity contribution in [1.82, 2.24) is 0 Å². The Balaban J connectivity index is 1.94. The van der Waals surface area contributed by atoms with E-state index in [1.807, 2.05) is 0 Å². The summed E-state index contributed by atoms with van der Waals surface area (Å²) in [6.45, 7) is 1.88. The van der Waals surface area contributed by atoms with Crippen molar-refractivity contribution < 1.29 is 13.5 Å². The van der Waals surface area contributed by atoms with Gasteiger partial charge in [0, 0.05) is 10.6 Å². The van der Waals surface area contributed by atoms with Gasteiger partial charge in [-0.15, -0.1) is 0 Å². The summed E-state index contributed by atoms with van der Waals surface area (Å²) in [5.41, 5.74) is 1.24. The number of hydrogen-bond donors (Lipinski definition) is 1. The van der Waals surface area contributed by atoms with Crippen LogP contribution in [0, 0.1) is 18.6 Å². The first-order valence-corrected chi connectivity index (χ1v) is 6.58. The molecule has 0 saturated heterocycles. The highest BCUT2D eigenvalue weighted by Crippen LogP contribution is 2.36. The number of ether oxygens (including phenoxy) is 1. The van der Waals surface area contributed by atoms with E-state index in [4.69, 9.17) is 16.3 Å².